The van der Waals surface area contributed by atoms with E-state index in [9.17, 15) is 0 Å². The highest BCUT2D eigenvalue weighted by atomic mass is 16.5. The van der Waals surface area contributed by atoms with Gasteiger partial charge in [0.2, 0.25) is 0 Å². The molecule has 1 N–H and O–H groups in total. The summed E-state index contributed by atoms with van der Waals surface area (Å²) in [5.41, 5.74) is 0. The van der Waals surface area contributed by atoms with Gasteiger partial charge in [-0.3, -0.25) is 0 Å². The van der Waals surface area contributed by atoms with Crippen molar-refractivity contribution in [2.45, 2.75) is 82.8 Å². The fraction of sp³-hybridized carbons (Fsp3) is 1.00. The monoisotopic (exact) mass is 265 g/mol. The Hall–Kier alpha value is -0.0800. The van der Waals surface area contributed by atoms with Crippen molar-refractivity contribution in [2.24, 2.45) is 11.8 Å². The van der Waals surface area contributed by atoms with Crippen molar-refractivity contribution >= 4 is 0 Å². The van der Waals surface area contributed by atoms with Gasteiger partial charge in [0.25, 0.3) is 0 Å². The van der Waals surface area contributed by atoms with Gasteiger partial charge in [0.1, 0.15) is 0 Å². The van der Waals surface area contributed by atoms with Crippen LogP contribution < -0.4 is 5.32 Å². The van der Waals surface area contributed by atoms with Crippen molar-refractivity contribution in [3.63, 3.8) is 0 Å². The summed E-state index contributed by atoms with van der Waals surface area (Å²) in [4.78, 5) is 0. The lowest BCUT2D eigenvalue weighted by Gasteiger charge is -2.39. The molecule has 3 rings (SSSR count). The van der Waals surface area contributed by atoms with Gasteiger partial charge in [-0.05, 0) is 43.9 Å². The summed E-state index contributed by atoms with van der Waals surface area (Å²) < 4.78 is 5.94. The lowest BCUT2D eigenvalue weighted by Crippen LogP contribution is -2.40. The van der Waals surface area contributed by atoms with Crippen LogP contribution in [0.3, 0.4) is 0 Å². The molecule has 2 heteroatoms. The minimum Gasteiger partial charge on any atom is -0.377 e. The Balaban J connectivity index is 1.30. The van der Waals surface area contributed by atoms with E-state index in [0.29, 0.717) is 6.10 Å². The topological polar surface area (TPSA) is 21.3 Å². The molecule has 3 aliphatic carbocycles. The predicted molar refractivity (Wildman–Crippen MR) is 79.3 cm³/mol. The van der Waals surface area contributed by atoms with Crippen molar-refractivity contribution in [3.05, 3.63) is 0 Å². The van der Waals surface area contributed by atoms with Crippen LogP contribution in [-0.2, 0) is 4.74 Å². The Labute approximate surface area is 118 Å². The first kappa shape index (κ1) is 13.9. The third-order valence-corrected chi connectivity index (χ3v) is 5.73. The molecule has 19 heavy (non-hydrogen) atoms. The third-order valence-electron chi connectivity index (χ3n) is 5.73. The number of hydrogen-bond donors (Lipinski definition) is 1. The molecule has 0 aromatic carbocycles. The number of rotatable bonds is 5. The van der Waals surface area contributed by atoms with E-state index in [1.54, 1.807) is 0 Å². The largest absolute Gasteiger partial charge is 0.377 e. The molecule has 110 valence electrons. The summed E-state index contributed by atoms with van der Waals surface area (Å²) in [5.74, 6) is 2.11. The lowest BCUT2D eigenvalue weighted by atomic mass is 9.69. The quantitative estimate of drug-likeness (QED) is 0.761. The SMILES string of the molecule is C1CCC(OCCNC2CCC3CCCCC3C2)C1. The highest BCUT2D eigenvalue weighted by Crippen LogP contribution is 2.40. The maximum absolute atomic E-state index is 5.94. The highest BCUT2D eigenvalue weighted by Gasteiger charge is 2.31. The third kappa shape index (κ3) is 3.95. The Morgan fingerprint density at radius 1 is 0.789 bits per heavy atom. The molecule has 0 aromatic rings. The summed E-state index contributed by atoms with van der Waals surface area (Å²) >= 11 is 0. The summed E-state index contributed by atoms with van der Waals surface area (Å²) in [6.07, 6.45) is 16.3. The van der Waals surface area contributed by atoms with E-state index in [0.717, 1.165) is 31.0 Å². The summed E-state index contributed by atoms with van der Waals surface area (Å²) in [6, 6.07) is 0.784. The molecule has 0 aromatic heterocycles. The zero-order valence-corrected chi connectivity index (χ0v) is 12.4. The molecule has 0 aliphatic heterocycles. The second kappa shape index (κ2) is 7.08. The van der Waals surface area contributed by atoms with E-state index in [1.165, 1.54) is 70.6 Å². The van der Waals surface area contributed by atoms with Crippen LogP contribution in [0.1, 0.15) is 70.6 Å². The lowest BCUT2D eigenvalue weighted by molar-refractivity contribution is 0.0560. The van der Waals surface area contributed by atoms with Crippen LogP contribution in [-0.4, -0.2) is 25.3 Å². The normalized spacial score (nSPS) is 36.3. The van der Waals surface area contributed by atoms with Gasteiger partial charge < -0.3 is 10.1 Å². The molecule has 3 unspecified atom stereocenters. The van der Waals surface area contributed by atoms with Gasteiger partial charge in [0.05, 0.1) is 12.7 Å². The van der Waals surface area contributed by atoms with Gasteiger partial charge in [-0.1, -0.05) is 38.5 Å². The molecule has 0 heterocycles. The van der Waals surface area contributed by atoms with E-state index >= 15 is 0 Å². The van der Waals surface area contributed by atoms with Gasteiger partial charge >= 0.3 is 0 Å². The summed E-state index contributed by atoms with van der Waals surface area (Å²) in [5, 5.41) is 3.75. The molecule has 0 radical (unpaired) electrons. The van der Waals surface area contributed by atoms with Gasteiger partial charge in [0.15, 0.2) is 0 Å². The van der Waals surface area contributed by atoms with Gasteiger partial charge in [-0.15, -0.1) is 0 Å². The number of hydrogen-bond acceptors (Lipinski definition) is 2. The number of fused-ring (bicyclic) bond motifs is 1. The Kier molecular flexibility index (Phi) is 5.17. The Bertz CT molecular complexity index is 262. The first-order valence-corrected chi connectivity index (χ1v) is 8.77. The molecule has 3 atom stereocenters. The van der Waals surface area contributed by atoms with Crippen molar-refractivity contribution in [2.75, 3.05) is 13.2 Å². The van der Waals surface area contributed by atoms with Crippen LogP contribution in [0.2, 0.25) is 0 Å². The molecule has 3 saturated carbocycles. The molecule has 0 amide bonds. The van der Waals surface area contributed by atoms with Crippen molar-refractivity contribution in [1.82, 2.24) is 5.32 Å². The first-order valence-electron chi connectivity index (χ1n) is 8.77. The van der Waals surface area contributed by atoms with Crippen LogP contribution >= 0.6 is 0 Å². The fourth-order valence-electron chi connectivity index (χ4n) is 4.60. The van der Waals surface area contributed by atoms with Gasteiger partial charge in [-0.2, -0.15) is 0 Å². The van der Waals surface area contributed by atoms with Crippen molar-refractivity contribution < 1.29 is 4.74 Å². The average Bonchev–Trinajstić information content (AvgIpc) is 2.97. The zero-order chi connectivity index (χ0) is 12.9. The Morgan fingerprint density at radius 3 is 2.37 bits per heavy atom. The first-order chi connectivity index (χ1) is 9.42. The Morgan fingerprint density at radius 2 is 1.53 bits per heavy atom. The highest BCUT2D eigenvalue weighted by molar-refractivity contribution is 4.86. The minimum atomic E-state index is 0.580. The van der Waals surface area contributed by atoms with Gasteiger partial charge in [-0.25, -0.2) is 0 Å². The van der Waals surface area contributed by atoms with E-state index in [-0.39, 0.29) is 0 Å². The summed E-state index contributed by atoms with van der Waals surface area (Å²) in [6.45, 7) is 1.99. The maximum atomic E-state index is 5.94. The molecule has 2 nitrogen and oxygen atoms in total. The zero-order valence-electron chi connectivity index (χ0n) is 12.4. The van der Waals surface area contributed by atoms with E-state index < -0.39 is 0 Å². The molecule has 3 fully saturated rings. The molecule has 0 spiro atoms. The average molecular weight is 265 g/mol. The van der Waals surface area contributed by atoms with Crippen molar-refractivity contribution in [1.29, 1.82) is 0 Å². The van der Waals surface area contributed by atoms with Crippen LogP contribution in [0, 0.1) is 11.8 Å². The van der Waals surface area contributed by atoms with E-state index in [1.807, 2.05) is 0 Å². The number of nitrogens with one attached hydrogen (secondary N) is 1. The molecule has 0 saturated heterocycles. The molecular weight excluding hydrogens is 234 g/mol. The van der Waals surface area contributed by atoms with Crippen LogP contribution in [0.15, 0.2) is 0 Å². The van der Waals surface area contributed by atoms with Crippen LogP contribution in [0.25, 0.3) is 0 Å². The standard InChI is InChI=1S/C17H31NO/c1-2-6-15-13-16(10-9-14(15)5-1)18-11-12-19-17-7-3-4-8-17/h14-18H,1-13H2. The number of ether oxygens (including phenoxy) is 1. The summed E-state index contributed by atoms with van der Waals surface area (Å²) in [7, 11) is 0. The molecule has 3 aliphatic rings. The molecule has 0 bridgehead atoms. The van der Waals surface area contributed by atoms with E-state index in [4.69, 9.17) is 4.74 Å². The second-order valence-electron chi connectivity index (χ2n) is 7.05. The predicted octanol–water partition coefficient (Wildman–Crippen LogP) is 3.89. The molecular formula is C17H31NO. The van der Waals surface area contributed by atoms with Crippen LogP contribution in [0.5, 0.6) is 0 Å². The minimum absolute atomic E-state index is 0.580. The van der Waals surface area contributed by atoms with Gasteiger partial charge in [0, 0.05) is 12.6 Å². The fourth-order valence-corrected chi connectivity index (χ4v) is 4.60. The van der Waals surface area contributed by atoms with Crippen molar-refractivity contribution in [3.8, 4) is 0 Å². The smallest absolute Gasteiger partial charge is 0.0594 e. The maximum Gasteiger partial charge on any atom is 0.0594 e. The second-order valence-corrected chi connectivity index (χ2v) is 7.05. The van der Waals surface area contributed by atoms with E-state index in [2.05, 4.69) is 5.32 Å². The van der Waals surface area contributed by atoms with Crippen LogP contribution in [0.4, 0.5) is 0 Å².